The summed E-state index contributed by atoms with van der Waals surface area (Å²) in [4.78, 5) is 17.5. The highest BCUT2D eigenvalue weighted by atomic mass is 32.1. The number of benzene rings is 1. The van der Waals surface area contributed by atoms with Crippen molar-refractivity contribution in [3.63, 3.8) is 0 Å². The third-order valence-corrected chi connectivity index (χ3v) is 5.05. The summed E-state index contributed by atoms with van der Waals surface area (Å²) in [5, 5.41) is 5.55. The SMILES string of the molecule is CC(C)c1ccc2nc(NC(=O)Cc3cccs3)sc2c1. The van der Waals surface area contributed by atoms with Gasteiger partial charge in [0.15, 0.2) is 5.13 Å². The van der Waals surface area contributed by atoms with Crippen LogP contribution in [0.4, 0.5) is 5.13 Å². The molecule has 0 atom stereocenters. The van der Waals surface area contributed by atoms with Crippen LogP contribution in [0.25, 0.3) is 10.2 Å². The van der Waals surface area contributed by atoms with Gasteiger partial charge in [-0.15, -0.1) is 11.3 Å². The largest absolute Gasteiger partial charge is 0.302 e. The van der Waals surface area contributed by atoms with Gasteiger partial charge in [-0.2, -0.15) is 0 Å². The van der Waals surface area contributed by atoms with E-state index in [1.807, 2.05) is 23.6 Å². The molecular formula is C16H16N2OS2. The highest BCUT2D eigenvalue weighted by molar-refractivity contribution is 7.22. The second kappa shape index (κ2) is 5.95. The lowest BCUT2D eigenvalue weighted by Crippen LogP contribution is -2.13. The highest BCUT2D eigenvalue weighted by Crippen LogP contribution is 2.29. The third-order valence-electron chi connectivity index (χ3n) is 3.24. The normalized spacial score (nSPS) is 11.2. The Kier molecular flexibility index (Phi) is 4.03. The molecule has 3 rings (SSSR count). The maximum Gasteiger partial charge on any atom is 0.231 e. The van der Waals surface area contributed by atoms with Gasteiger partial charge in [-0.3, -0.25) is 4.79 Å². The number of anilines is 1. The summed E-state index contributed by atoms with van der Waals surface area (Å²) in [5.41, 5.74) is 2.23. The topological polar surface area (TPSA) is 42.0 Å². The van der Waals surface area contributed by atoms with Crippen molar-refractivity contribution in [3.05, 3.63) is 46.2 Å². The van der Waals surface area contributed by atoms with Crippen LogP contribution in [0.3, 0.4) is 0 Å². The van der Waals surface area contributed by atoms with Gasteiger partial charge in [-0.1, -0.05) is 37.3 Å². The minimum atomic E-state index is -0.0133. The van der Waals surface area contributed by atoms with Gasteiger partial charge in [0.2, 0.25) is 5.91 Å². The zero-order chi connectivity index (χ0) is 14.8. The Morgan fingerprint density at radius 3 is 2.90 bits per heavy atom. The second-order valence-electron chi connectivity index (χ2n) is 5.21. The van der Waals surface area contributed by atoms with Gasteiger partial charge in [-0.05, 0) is 35.1 Å². The molecule has 0 radical (unpaired) electrons. The molecule has 1 N–H and O–H groups in total. The van der Waals surface area contributed by atoms with Crippen molar-refractivity contribution < 1.29 is 4.79 Å². The molecule has 0 aliphatic heterocycles. The maximum atomic E-state index is 12.0. The fourth-order valence-electron chi connectivity index (χ4n) is 2.09. The molecule has 108 valence electrons. The first-order valence-corrected chi connectivity index (χ1v) is 8.54. The standard InChI is InChI=1S/C16H16N2OS2/c1-10(2)11-5-6-13-14(8-11)21-16(17-13)18-15(19)9-12-4-3-7-20-12/h3-8,10H,9H2,1-2H3,(H,17,18,19). The Hall–Kier alpha value is -1.72. The minimum absolute atomic E-state index is 0.0133. The average Bonchev–Trinajstić information content (AvgIpc) is 3.05. The number of aromatic nitrogens is 1. The lowest BCUT2D eigenvalue weighted by molar-refractivity contribution is -0.115. The molecule has 21 heavy (non-hydrogen) atoms. The number of hydrogen-bond acceptors (Lipinski definition) is 4. The van der Waals surface area contributed by atoms with Crippen LogP contribution in [0.2, 0.25) is 0 Å². The molecule has 0 aliphatic rings. The van der Waals surface area contributed by atoms with Crippen LogP contribution in [0.5, 0.6) is 0 Å². The number of carbonyl (C=O) groups is 1. The van der Waals surface area contributed by atoms with Gasteiger partial charge in [0.05, 0.1) is 16.6 Å². The number of nitrogens with one attached hydrogen (secondary N) is 1. The van der Waals surface area contributed by atoms with Crippen molar-refractivity contribution in [3.8, 4) is 0 Å². The fourth-order valence-corrected chi connectivity index (χ4v) is 3.72. The van der Waals surface area contributed by atoms with E-state index in [0.29, 0.717) is 17.5 Å². The van der Waals surface area contributed by atoms with Gasteiger partial charge in [-0.25, -0.2) is 4.98 Å². The number of thiophene rings is 1. The summed E-state index contributed by atoms with van der Waals surface area (Å²) in [6.07, 6.45) is 0.408. The van der Waals surface area contributed by atoms with Crippen LogP contribution >= 0.6 is 22.7 Å². The number of carbonyl (C=O) groups excluding carboxylic acids is 1. The van der Waals surface area contributed by atoms with E-state index in [0.717, 1.165) is 15.1 Å². The molecule has 2 aromatic heterocycles. The summed E-state index contributed by atoms with van der Waals surface area (Å²) in [6, 6.07) is 10.2. The van der Waals surface area contributed by atoms with Gasteiger partial charge in [0.25, 0.3) is 0 Å². The van der Waals surface area contributed by atoms with Crippen molar-refractivity contribution in [1.82, 2.24) is 4.98 Å². The van der Waals surface area contributed by atoms with E-state index < -0.39 is 0 Å². The minimum Gasteiger partial charge on any atom is -0.302 e. The first-order valence-electron chi connectivity index (χ1n) is 6.84. The van der Waals surface area contributed by atoms with Crippen molar-refractivity contribution >= 4 is 43.9 Å². The molecule has 5 heteroatoms. The predicted molar refractivity (Wildman–Crippen MR) is 90.4 cm³/mol. The van der Waals surface area contributed by atoms with Crippen molar-refractivity contribution in [2.45, 2.75) is 26.2 Å². The summed E-state index contributed by atoms with van der Waals surface area (Å²) < 4.78 is 1.12. The number of rotatable bonds is 4. The predicted octanol–water partition coefficient (Wildman–Crippen LogP) is 4.66. The second-order valence-corrected chi connectivity index (χ2v) is 7.27. The summed E-state index contributed by atoms with van der Waals surface area (Å²) in [6.45, 7) is 4.35. The molecule has 3 nitrogen and oxygen atoms in total. The number of hydrogen-bond donors (Lipinski definition) is 1. The molecule has 0 spiro atoms. The van der Waals surface area contributed by atoms with Gasteiger partial charge >= 0.3 is 0 Å². The molecule has 0 aliphatic carbocycles. The Morgan fingerprint density at radius 2 is 2.19 bits per heavy atom. The molecule has 0 saturated carbocycles. The van der Waals surface area contributed by atoms with Crippen LogP contribution in [0, 0.1) is 0 Å². The van der Waals surface area contributed by atoms with E-state index in [2.05, 4.69) is 36.3 Å². The van der Waals surface area contributed by atoms with Crippen LogP contribution < -0.4 is 5.32 Å². The van der Waals surface area contributed by atoms with Crippen LogP contribution in [-0.4, -0.2) is 10.9 Å². The van der Waals surface area contributed by atoms with E-state index in [4.69, 9.17) is 0 Å². The zero-order valence-electron chi connectivity index (χ0n) is 11.9. The lowest BCUT2D eigenvalue weighted by Gasteiger charge is -2.03. The molecule has 0 bridgehead atoms. The number of nitrogens with zero attached hydrogens (tertiary/aromatic N) is 1. The van der Waals surface area contributed by atoms with Crippen LogP contribution in [0.15, 0.2) is 35.7 Å². The Balaban J connectivity index is 1.76. The first kappa shape index (κ1) is 14.2. The average molecular weight is 316 g/mol. The summed E-state index contributed by atoms with van der Waals surface area (Å²) in [7, 11) is 0. The number of fused-ring (bicyclic) bond motifs is 1. The Morgan fingerprint density at radius 1 is 1.33 bits per heavy atom. The lowest BCUT2D eigenvalue weighted by atomic mass is 10.0. The van der Waals surface area contributed by atoms with E-state index in [1.54, 1.807) is 11.3 Å². The molecular weight excluding hydrogens is 300 g/mol. The highest BCUT2D eigenvalue weighted by Gasteiger charge is 2.10. The fraction of sp³-hybridized carbons (Fsp3) is 0.250. The summed E-state index contributed by atoms with van der Waals surface area (Å²) in [5.74, 6) is 0.481. The molecule has 0 saturated heterocycles. The van der Waals surface area contributed by atoms with Crippen molar-refractivity contribution in [2.75, 3.05) is 5.32 Å². The molecule has 2 heterocycles. The van der Waals surface area contributed by atoms with Crippen molar-refractivity contribution in [2.24, 2.45) is 0 Å². The zero-order valence-corrected chi connectivity index (χ0v) is 13.6. The number of thiazole rings is 1. The Bertz CT molecular complexity index is 760. The first-order chi connectivity index (χ1) is 10.1. The maximum absolute atomic E-state index is 12.0. The smallest absolute Gasteiger partial charge is 0.231 e. The van der Waals surface area contributed by atoms with Crippen LogP contribution in [0.1, 0.15) is 30.2 Å². The van der Waals surface area contributed by atoms with Gasteiger partial charge < -0.3 is 5.32 Å². The third kappa shape index (κ3) is 3.31. The molecule has 1 aromatic carbocycles. The van der Waals surface area contributed by atoms with E-state index in [-0.39, 0.29) is 5.91 Å². The van der Waals surface area contributed by atoms with E-state index in [1.165, 1.54) is 16.9 Å². The molecule has 1 amide bonds. The van der Waals surface area contributed by atoms with E-state index in [9.17, 15) is 4.79 Å². The molecule has 0 unspecified atom stereocenters. The monoisotopic (exact) mass is 316 g/mol. The van der Waals surface area contributed by atoms with Crippen LogP contribution in [-0.2, 0) is 11.2 Å². The summed E-state index contributed by atoms with van der Waals surface area (Å²) >= 11 is 3.12. The molecule has 0 fully saturated rings. The van der Waals surface area contributed by atoms with E-state index >= 15 is 0 Å². The van der Waals surface area contributed by atoms with Gasteiger partial charge in [0.1, 0.15) is 0 Å². The Labute approximate surface area is 131 Å². The van der Waals surface area contributed by atoms with Gasteiger partial charge in [0, 0.05) is 4.88 Å². The number of amides is 1. The van der Waals surface area contributed by atoms with Crippen molar-refractivity contribution in [1.29, 1.82) is 0 Å². The molecule has 3 aromatic rings. The quantitative estimate of drug-likeness (QED) is 0.760.